The molecule has 1 aliphatic heterocycles. The lowest BCUT2D eigenvalue weighted by Crippen LogP contribution is -2.37. The Morgan fingerprint density at radius 1 is 1.38 bits per heavy atom. The van der Waals surface area contributed by atoms with E-state index in [2.05, 4.69) is 0 Å². The average Bonchev–Trinajstić information content (AvgIpc) is 3.11. The summed E-state index contributed by atoms with van der Waals surface area (Å²) in [5, 5.41) is 18.7. The van der Waals surface area contributed by atoms with E-state index in [9.17, 15) is 31.5 Å². The minimum Gasteiger partial charge on any atom is -0.481 e. The second-order valence-electron chi connectivity index (χ2n) is 6.67. The van der Waals surface area contributed by atoms with Crippen molar-refractivity contribution in [1.82, 2.24) is 4.31 Å². The van der Waals surface area contributed by atoms with Crippen LogP contribution in [0.25, 0.3) is 0 Å². The van der Waals surface area contributed by atoms with Crippen LogP contribution in [0.5, 0.6) is 0 Å². The van der Waals surface area contributed by atoms with Gasteiger partial charge in [-0.25, -0.2) is 8.42 Å². The Hall–Kier alpha value is -2.12. The molecular weight excluding hydrogens is 373 g/mol. The number of halogens is 3. The van der Waals surface area contributed by atoms with Crippen molar-refractivity contribution in [2.75, 3.05) is 13.1 Å². The molecule has 0 unspecified atom stereocenters. The first-order chi connectivity index (χ1) is 12.0. The van der Waals surface area contributed by atoms with E-state index in [-0.39, 0.29) is 19.0 Å². The molecule has 3 rings (SSSR count). The number of nitriles is 1. The summed E-state index contributed by atoms with van der Waals surface area (Å²) in [5.74, 6) is -1.40. The standard InChI is InChI=1S/C16H15F3N2O4S/c17-16(18,19)11-3-4-13(10(6-11)7-20)26(24,25)21-8-12-2-1-5-15(12,9-21)14(22)23/h3-4,6,12H,1-2,5,8-9H2,(H,22,23)/t12-,15+/m0/s1. The molecule has 6 nitrogen and oxygen atoms in total. The van der Waals surface area contributed by atoms with Gasteiger partial charge in [-0.1, -0.05) is 6.42 Å². The van der Waals surface area contributed by atoms with E-state index in [1.807, 2.05) is 0 Å². The van der Waals surface area contributed by atoms with Crippen molar-refractivity contribution >= 4 is 16.0 Å². The van der Waals surface area contributed by atoms with Crippen LogP contribution in [0.4, 0.5) is 13.2 Å². The number of carboxylic acids is 1. The lowest BCUT2D eigenvalue weighted by atomic mass is 9.81. The van der Waals surface area contributed by atoms with Crippen LogP contribution in [0.15, 0.2) is 23.1 Å². The van der Waals surface area contributed by atoms with Crippen LogP contribution in [-0.2, 0) is 21.0 Å². The first kappa shape index (κ1) is 18.7. The molecule has 2 aliphatic rings. The van der Waals surface area contributed by atoms with Gasteiger partial charge in [0.2, 0.25) is 10.0 Å². The zero-order valence-corrected chi connectivity index (χ0v) is 14.3. The lowest BCUT2D eigenvalue weighted by molar-refractivity contribution is -0.149. The average molecular weight is 388 g/mol. The van der Waals surface area contributed by atoms with Gasteiger partial charge >= 0.3 is 12.1 Å². The Morgan fingerprint density at radius 2 is 2.08 bits per heavy atom. The topological polar surface area (TPSA) is 98.5 Å². The second-order valence-corrected chi connectivity index (χ2v) is 8.57. The van der Waals surface area contributed by atoms with Crippen molar-refractivity contribution in [3.05, 3.63) is 29.3 Å². The third-order valence-electron chi connectivity index (χ3n) is 5.31. The van der Waals surface area contributed by atoms with Crippen molar-refractivity contribution in [2.24, 2.45) is 11.3 Å². The first-order valence-corrected chi connectivity index (χ1v) is 9.31. The largest absolute Gasteiger partial charge is 0.481 e. The van der Waals surface area contributed by atoms with Crippen LogP contribution < -0.4 is 0 Å². The number of hydrogen-bond donors (Lipinski definition) is 1. The van der Waals surface area contributed by atoms with Crippen LogP contribution in [-0.4, -0.2) is 36.9 Å². The highest BCUT2D eigenvalue weighted by Crippen LogP contribution is 2.50. The molecule has 1 heterocycles. The monoisotopic (exact) mass is 388 g/mol. The highest BCUT2D eigenvalue weighted by molar-refractivity contribution is 7.89. The van der Waals surface area contributed by atoms with Gasteiger partial charge in [0.15, 0.2) is 0 Å². The van der Waals surface area contributed by atoms with Crippen molar-refractivity contribution in [1.29, 1.82) is 5.26 Å². The smallest absolute Gasteiger partial charge is 0.416 e. The Morgan fingerprint density at radius 3 is 2.62 bits per heavy atom. The van der Waals surface area contributed by atoms with Crippen molar-refractivity contribution in [3.8, 4) is 6.07 Å². The minimum atomic E-state index is -4.70. The summed E-state index contributed by atoms with van der Waals surface area (Å²) < 4.78 is 65.1. The molecular formula is C16H15F3N2O4S. The van der Waals surface area contributed by atoms with Crippen LogP contribution >= 0.6 is 0 Å². The summed E-state index contributed by atoms with van der Waals surface area (Å²) in [7, 11) is -4.28. The highest BCUT2D eigenvalue weighted by atomic mass is 32.2. The van der Waals surface area contributed by atoms with Gasteiger partial charge in [0.05, 0.1) is 21.4 Å². The van der Waals surface area contributed by atoms with Gasteiger partial charge in [0.25, 0.3) is 0 Å². The zero-order valence-electron chi connectivity index (χ0n) is 13.5. The summed E-state index contributed by atoms with van der Waals surface area (Å²) >= 11 is 0. The van der Waals surface area contributed by atoms with Gasteiger partial charge in [0, 0.05) is 13.1 Å². The molecule has 0 spiro atoms. The molecule has 1 saturated heterocycles. The summed E-state index contributed by atoms with van der Waals surface area (Å²) in [4.78, 5) is 11.2. The van der Waals surface area contributed by atoms with E-state index >= 15 is 0 Å². The molecule has 2 atom stereocenters. The summed E-state index contributed by atoms with van der Waals surface area (Å²) in [6.45, 7) is -0.248. The maximum atomic E-state index is 12.9. The molecule has 0 radical (unpaired) electrons. The van der Waals surface area contributed by atoms with Crippen LogP contribution in [0.2, 0.25) is 0 Å². The molecule has 1 aromatic carbocycles. The van der Waals surface area contributed by atoms with Crippen LogP contribution in [0.3, 0.4) is 0 Å². The van der Waals surface area contributed by atoms with Crippen LogP contribution in [0, 0.1) is 22.7 Å². The van der Waals surface area contributed by atoms with Crippen LogP contribution in [0.1, 0.15) is 30.4 Å². The number of hydrogen-bond acceptors (Lipinski definition) is 4. The fourth-order valence-electron chi connectivity index (χ4n) is 3.93. The van der Waals surface area contributed by atoms with Gasteiger partial charge in [-0.3, -0.25) is 4.79 Å². The minimum absolute atomic E-state index is 0.0134. The summed E-state index contributed by atoms with van der Waals surface area (Å²) in [6, 6.07) is 3.37. The third kappa shape index (κ3) is 2.75. The van der Waals surface area contributed by atoms with E-state index < -0.39 is 43.6 Å². The maximum absolute atomic E-state index is 12.9. The number of sulfonamides is 1. The number of carboxylic acid groups (broad SMARTS) is 1. The van der Waals surface area contributed by atoms with Gasteiger partial charge in [-0.05, 0) is 37.0 Å². The molecule has 0 amide bonds. The number of rotatable bonds is 3. The van der Waals surface area contributed by atoms with E-state index in [1.165, 1.54) is 6.07 Å². The molecule has 10 heteroatoms. The van der Waals surface area contributed by atoms with Gasteiger partial charge in [-0.2, -0.15) is 22.7 Å². The first-order valence-electron chi connectivity index (χ1n) is 7.87. The Bertz CT molecular complexity index is 907. The van der Waals surface area contributed by atoms with E-state index in [0.717, 1.165) is 10.4 Å². The molecule has 0 bridgehead atoms. The van der Waals surface area contributed by atoms with E-state index in [4.69, 9.17) is 5.26 Å². The summed E-state index contributed by atoms with van der Waals surface area (Å²) in [5.41, 5.74) is -2.89. The molecule has 1 aromatic rings. The van der Waals surface area contributed by atoms with Gasteiger partial charge in [0.1, 0.15) is 6.07 Å². The predicted octanol–water partition coefficient (Wildman–Crippen LogP) is 2.45. The normalized spacial score (nSPS) is 26.5. The lowest BCUT2D eigenvalue weighted by Gasteiger charge is -2.23. The molecule has 2 fully saturated rings. The second kappa shape index (κ2) is 5.96. The zero-order chi connectivity index (χ0) is 19.3. The summed E-state index contributed by atoms with van der Waals surface area (Å²) in [6.07, 6.45) is -3.08. The predicted molar refractivity (Wildman–Crippen MR) is 82.3 cm³/mol. The SMILES string of the molecule is N#Cc1cc(C(F)(F)F)ccc1S(=O)(=O)N1C[C@@H]2CCC[C@@]2(C(=O)O)C1. The fraction of sp³-hybridized carbons (Fsp3) is 0.500. The number of aliphatic carboxylic acids is 1. The molecule has 1 saturated carbocycles. The maximum Gasteiger partial charge on any atom is 0.416 e. The number of carbonyl (C=O) groups is 1. The molecule has 0 aromatic heterocycles. The van der Waals surface area contributed by atoms with Crippen molar-refractivity contribution in [3.63, 3.8) is 0 Å². The number of alkyl halides is 3. The quantitative estimate of drug-likeness (QED) is 0.858. The number of benzene rings is 1. The highest BCUT2D eigenvalue weighted by Gasteiger charge is 2.57. The Labute approximate surface area is 147 Å². The van der Waals surface area contributed by atoms with Gasteiger partial charge in [-0.15, -0.1) is 0 Å². The fourth-order valence-corrected chi connectivity index (χ4v) is 5.61. The van der Waals surface area contributed by atoms with E-state index in [1.54, 1.807) is 0 Å². The molecule has 1 N–H and O–H groups in total. The molecule has 140 valence electrons. The number of fused-ring (bicyclic) bond motifs is 1. The number of nitrogens with zero attached hydrogens (tertiary/aromatic N) is 2. The molecule has 1 aliphatic carbocycles. The molecule has 26 heavy (non-hydrogen) atoms. The Balaban J connectivity index is 2.00. The van der Waals surface area contributed by atoms with Crippen molar-refractivity contribution < 1.29 is 31.5 Å². The van der Waals surface area contributed by atoms with Gasteiger partial charge < -0.3 is 5.11 Å². The third-order valence-corrected chi connectivity index (χ3v) is 7.18. The van der Waals surface area contributed by atoms with E-state index in [0.29, 0.717) is 31.4 Å². The van der Waals surface area contributed by atoms with Crippen molar-refractivity contribution in [2.45, 2.75) is 30.3 Å². The Kier molecular flexibility index (Phi) is 4.28.